The number of anilines is 2. The Balaban J connectivity index is 1.43. The van der Waals surface area contributed by atoms with E-state index >= 15 is 0 Å². The lowest BCUT2D eigenvalue weighted by Gasteiger charge is -2.10. The normalized spacial score (nSPS) is 11.1. The summed E-state index contributed by atoms with van der Waals surface area (Å²) in [5.41, 5.74) is 3.23. The van der Waals surface area contributed by atoms with Crippen molar-refractivity contribution in [2.75, 3.05) is 10.6 Å². The molecule has 0 fully saturated rings. The summed E-state index contributed by atoms with van der Waals surface area (Å²) in [6.07, 6.45) is 0. The smallest absolute Gasteiger partial charge is 0.308 e. The maximum absolute atomic E-state index is 13.2. The Morgan fingerprint density at radius 1 is 0.697 bits per heavy atom. The molecular weight excluding hydrogens is 439 g/mol. The molecule has 0 saturated heterocycles. The second-order valence-corrected chi connectivity index (χ2v) is 9.43. The molecule has 4 rings (SSSR count). The number of sulfone groups is 1. The van der Waals surface area contributed by atoms with Gasteiger partial charge >= 0.3 is 6.03 Å². The van der Waals surface area contributed by atoms with Crippen molar-refractivity contribution in [3.05, 3.63) is 115 Å². The first-order valence-corrected chi connectivity index (χ1v) is 11.8. The zero-order valence-corrected chi connectivity index (χ0v) is 18.3. The fourth-order valence-corrected chi connectivity index (χ4v) is 4.70. The molecule has 0 aliphatic carbocycles. The van der Waals surface area contributed by atoms with Gasteiger partial charge in [-0.3, -0.25) is 0 Å². The van der Waals surface area contributed by atoms with Gasteiger partial charge < -0.3 is 10.6 Å². The predicted molar refractivity (Wildman–Crippen MR) is 128 cm³/mol. The molecule has 0 atom stereocenters. The number of rotatable bonds is 6. The third-order valence-corrected chi connectivity index (χ3v) is 6.66. The van der Waals surface area contributed by atoms with Crippen LogP contribution in [-0.2, 0) is 15.6 Å². The summed E-state index contributed by atoms with van der Waals surface area (Å²) in [7, 11) is -3.60. The molecule has 4 aromatic rings. The molecule has 0 aliphatic heterocycles. The van der Waals surface area contributed by atoms with Crippen molar-refractivity contribution in [3.8, 4) is 11.1 Å². The predicted octanol–water partition coefficient (Wildman–Crippen LogP) is 6.11. The van der Waals surface area contributed by atoms with Gasteiger partial charge in [-0.1, -0.05) is 54.6 Å². The lowest BCUT2D eigenvalue weighted by atomic mass is 10.1. The van der Waals surface area contributed by atoms with Crippen LogP contribution in [0.25, 0.3) is 11.1 Å². The van der Waals surface area contributed by atoms with Gasteiger partial charge in [0.05, 0.1) is 10.6 Å². The quantitative estimate of drug-likeness (QED) is 0.364. The van der Waals surface area contributed by atoms with Gasteiger partial charge in [0, 0.05) is 11.4 Å². The number of urea groups is 1. The summed E-state index contributed by atoms with van der Waals surface area (Å²) < 4.78 is 39.1. The van der Waals surface area contributed by atoms with Crippen LogP contribution >= 0.6 is 0 Å². The van der Waals surface area contributed by atoms with E-state index < -0.39 is 9.84 Å². The monoisotopic (exact) mass is 460 g/mol. The van der Waals surface area contributed by atoms with E-state index in [9.17, 15) is 17.6 Å². The van der Waals surface area contributed by atoms with E-state index in [1.54, 1.807) is 72.8 Å². The molecule has 5 nitrogen and oxygen atoms in total. The van der Waals surface area contributed by atoms with E-state index in [1.165, 1.54) is 12.1 Å². The lowest BCUT2D eigenvalue weighted by molar-refractivity contribution is 0.262. The number of halogens is 1. The molecule has 0 heterocycles. The molecule has 0 radical (unpaired) electrons. The van der Waals surface area contributed by atoms with Crippen LogP contribution in [-0.4, -0.2) is 14.4 Å². The highest BCUT2D eigenvalue weighted by Crippen LogP contribution is 2.25. The van der Waals surface area contributed by atoms with E-state index in [1.807, 2.05) is 18.2 Å². The van der Waals surface area contributed by atoms with Gasteiger partial charge in [-0.2, -0.15) is 0 Å². The maximum Gasteiger partial charge on any atom is 0.323 e. The Hall–Kier alpha value is -3.97. The van der Waals surface area contributed by atoms with Crippen molar-refractivity contribution in [2.24, 2.45) is 0 Å². The third-order valence-electron chi connectivity index (χ3n) is 4.97. The van der Waals surface area contributed by atoms with E-state index in [4.69, 9.17) is 0 Å². The standard InChI is InChI=1S/C26H21FN2O3S/c27-22-13-11-20(12-14-22)21-5-4-8-25(17-21)33(31,32)18-19-9-15-24(16-10-19)29-26(30)28-23-6-2-1-3-7-23/h1-17H,18H2,(H2,28,29,30). The summed E-state index contributed by atoms with van der Waals surface area (Å²) in [5.74, 6) is -0.533. The molecule has 4 aromatic carbocycles. The Morgan fingerprint density at radius 3 is 2.00 bits per heavy atom. The fraction of sp³-hybridized carbons (Fsp3) is 0.0385. The summed E-state index contributed by atoms with van der Waals surface area (Å²) in [6.45, 7) is 0. The van der Waals surface area contributed by atoms with Gasteiger partial charge in [-0.25, -0.2) is 17.6 Å². The van der Waals surface area contributed by atoms with E-state index in [0.717, 1.165) is 5.56 Å². The number of hydrogen-bond donors (Lipinski definition) is 2. The summed E-state index contributed by atoms with van der Waals surface area (Å²) in [5, 5.41) is 5.44. The number of para-hydroxylation sites is 1. The molecule has 7 heteroatoms. The highest BCUT2D eigenvalue weighted by Gasteiger charge is 2.16. The van der Waals surface area contributed by atoms with Crippen LogP contribution in [0.2, 0.25) is 0 Å². The maximum atomic E-state index is 13.2. The van der Waals surface area contributed by atoms with Crippen LogP contribution in [0.4, 0.5) is 20.6 Å². The third kappa shape index (κ3) is 5.84. The minimum Gasteiger partial charge on any atom is -0.308 e. The van der Waals surface area contributed by atoms with E-state index in [0.29, 0.717) is 22.5 Å². The van der Waals surface area contributed by atoms with Crippen molar-refractivity contribution in [1.82, 2.24) is 0 Å². The Morgan fingerprint density at radius 2 is 1.33 bits per heavy atom. The Kier molecular flexibility index (Phi) is 6.51. The molecule has 0 aliphatic rings. The van der Waals surface area contributed by atoms with Crippen LogP contribution in [0.15, 0.2) is 108 Å². The molecule has 0 aromatic heterocycles. The molecule has 0 unspecified atom stereocenters. The summed E-state index contributed by atoms with van der Waals surface area (Å²) >= 11 is 0. The van der Waals surface area contributed by atoms with Gasteiger partial charge in [0.1, 0.15) is 5.82 Å². The average Bonchev–Trinajstić information content (AvgIpc) is 2.81. The topological polar surface area (TPSA) is 75.3 Å². The Bertz CT molecular complexity index is 1360. The van der Waals surface area contributed by atoms with Gasteiger partial charge in [-0.15, -0.1) is 0 Å². The molecule has 2 amide bonds. The van der Waals surface area contributed by atoms with Gasteiger partial charge in [0.25, 0.3) is 0 Å². The molecule has 0 saturated carbocycles. The zero-order chi connectivity index (χ0) is 23.3. The van der Waals surface area contributed by atoms with Crippen LogP contribution in [0, 0.1) is 5.82 Å². The van der Waals surface area contributed by atoms with E-state index in [2.05, 4.69) is 10.6 Å². The second kappa shape index (κ2) is 9.67. The number of hydrogen-bond acceptors (Lipinski definition) is 3. The second-order valence-electron chi connectivity index (χ2n) is 7.44. The van der Waals surface area contributed by atoms with Crippen molar-refractivity contribution >= 4 is 27.2 Å². The first-order chi connectivity index (χ1) is 15.9. The minimum atomic E-state index is -3.60. The number of nitrogens with one attached hydrogen (secondary N) is 2. The van der Waals surface area contributed by atoms with Gasteiger partial charge in [0.2, 0.25) is 0 Å². The van der Waals surface area contributed by atoms with E-state index in [-0.39, 0.29) is 22.5 Å². The zero-order valence-electron chi connectivity index (χ0n) is 17.5. The van der Waals surface area contributed by atoms with Gasteiger partial charge in [0.15, 0.2) is 9.84 Å². The highest BCUT2D eigenvalue weighted by molar-refractivity contribution is 7.90. The Labute approximate surface area is 191 Å². The van der Waals surface area contributed by atoms with Crippen molar-refractivity contribution in [1.29, 1.82) is 0 Å². The van der Waals surface area contributed by atoms with Crippen LogP contribution in [0.5, 0.6) is 0 Å². The average molecular weight is 461 g/mol. The first-order valence-electron chi connectivity index (χ1n) is 10.2. The molecule has 0 spiro atoms. The first kappa shape index (κ1) is 22.2. The molecule has 33 heavy (non-hydrogen) atoms. The minimum absolute atomic E-state index is 0.184. The SMILES string of the molecule is O=C(Nc1ccccc1)Nc1ccc(CS(=O)(=O)c2cccc(-c3ccc(F)cc3)c2)cc1. The van der Waals surface area contributed by atoms with Crippen molar-refractivity contribution < 1.29 is 17.6 Å². The summed E-state index contributed by atoms with van der Waals surface area (Å²) in [6, 6.07) is 27.8. The number of carbonyl (C=O) groups excluding carboxylic acids is 1. The number of benzene rings is 4. The number of amides is 2. The van der Waals surface area contributed by atoms with Crippen molar-refractivity contribution in [3.63, 3.8) is 0 Å². The molecule has 166 valence electrons. The van der Waals surface area contributed by atoms with Gasteiger partial charge in [-0.05, 0) is 65.2 Å². The van der Waals surface area contributed by atoms with Crippen LogP contribution in [0.1, 0.15) is 5.56 Å². The lowest BCUT2D eigenvalue weighted by Crippen LogP contribution is -2.19. The van der Waals surface area contributed by atoms with Crippen LogP contribution < -0.4 is 10.6 Å². The number of carbonyl (C=O) groups is 1. The molecule has 0 bridgehead atoms. The molecule has 2 N–H and O–H groups in total. The largest absolute Gasteiger partial charge is 0.323 e. The van der Waals surface area contributed by atoms with Crippen LogP contribution in [0.3, 0.4) is 0 Å². The molecular formula is C26H21FN2O3S. The fourth-order valence-electron chi connectivity index (χ4n) is 3.31. The van der Waals surface area contributed by atoms with Crippen molar-refractivity contribution in [2.45, 2.75) is 10.6 Å². The highest BCUT2D eigenvalue weighted by atomic mass is 32.2. The summed E-state index contributed by atoms with van der Waals surface area (Å²) in [4.78, 5) is 12.3.